The van der Waals surface area contributed by atoms with E-state index in [-0.39, 0.29) is 11.1 Å². The molecule has 0 atom stereocenters. The van der Waals surface area contributed by atoms with Gasteiger partial charge in [0.1, 0.15) is 0 Å². The first-order valence-corrected chi connectivity index (χ1v) is 5.20. The average molecular weight is 214 g/mol. The minimum Gasteiger partial charge on any atom is -0.440 e. The molecule has 0 spiro atoms. The first-order valence-electron chi connectivity index (χ1n) is 4.82. The molecule has 1 aromatic heterocycles. The lowest BCUT2D eigenvalue weighted by Crippen LogP contribution is -2.35. The van der Waals surface area contributed by atoms with Gasteiger partial charge in [0.05, 0.1) is 0 Å². The number of piperidine rings is 1. The Morgan fingerprint density at radius 3 is 2.57 bits per heavy atom. The number of nitrogens with zero attached hydrogens (tertiary/aromatic N) is 1. The molecule has 1 aliphatic heterocycles. The van der Waals surface area contributed by atoms with Crippen molar-refractivity contribution in [2.75, 3.05) is 13.1 Å². The molecule has 1 saturated heterocycles. The van der Waals surface area contributed by atoms with Crippen molar-refractivity contribution in [1.29, 1.82) is 0 Å². The van der Waals surface area contributed by atoms with Gasteiger partial charge in [-0.15, -0.1) is 0 Å². The molecule has 1 amide bonds. The van der Waals surface area contributed by atoms with Gasteiger partial charge in [0.15, 0.2) is 11.0 Å². The van der Waals surface area contributed by atoms with Crippen LogP contribution in [0.25, 0.3) is 0 Å². The van der Waals surface area contributed by atoms with Crippen LogP contribution >= 0.6 is 11.6 Å². The maximum absolute atomic E-state index is 11.8. The fourth-order valence-corrected chi connectivity index (χ4v) is 1.83. The molecule has 0 N–H and O–H groups in total. The highest BCUT2D eigenvalue weighted by atomic mass is 35.5. The highest BCUT2D eigenvalue weighted by Gasteiger charge is 2.20. The van der Waals surface area contributed by atoms with Crippen LogP contribution in [0.5, 0.6) is 0 Å². The summed E-state index contributed by atoms with van der Waals surface area (Å²) in [6.45, 7) is 1.66. The third-order valence-corrected chi connectivity index (χ3v) is 2.63. The summed E-state index contributed by atoms with van der Waals surface area (Å²) in [6, 6.07) is 3.22. The van der Waals surface area contributed by atoms with Crippen molar-refractivity contribution in [1.82, 2.24) is 4.90 Å². The summed E-state index contributed by atoms with van der Waals surface area (Å²) in [4.78, 5) is 13.6. The van der Waals surface area contributed by atoms with Crippen LogP contribution in [0.4, 0.5) is 0 Å². The zero-order chi connectivity index (χ0) is 9.97. The molecule has 14 heavy (non-hydrogen) atoms. The van der Waals surface area contributed by atoms with Gasteiger partial charge in [0, 0.05) is 13.1 Å². The van der Waals surface area contributed by atoms with Gasteiger partial charge in [-0.25, -0.2) is 0 Å². The Labute approximate surface area is 87.6 Å². The summed E-state index contributed by atoms with van der Waals surface area (Å²) >= 11 is 5.61. The van der Waals surface area contributed by atoms with Gasteiger partial charge in [0.25, 0.3) is 5.91 Å². The van der Waals surface area contributed by atoms with E-state index in [1.807, 2.05) is 4.90 Å². The number of likely N-dealkylation sites (tertiary alicyclic amines) is 1. The van der Waals surface area contributed by atoms with Crippen LogP contribution in [0, 0.1) is 0 Å². The van der Waals surface area contributed by atoms with Gasteiger partial charge in [-0.1, -0.05) is 0 Å². The summed E-state index contributed by atoms with van der Waals surface area (Å²) < 4.78 is 5.07. The monoisotopic (exact) mass is 213 g/mol. The van der Waals surface area contributed by atoms with Gasteiger partial charge in [-0.3, -0.25) is 4.79 Å². The molecular weight excluding hydrogens is 202 g/mol. The number of furan rings is 1. The second kappa shape index (κ2) is 4.05. The third-order valence-electron chi connectivity index (χ3n) is 2.43. The average Bonchev–Trinajstić information content (AvgIpc) is 2.65. The van der Waals surface area contributed by atoms with E-state index in [0.717, 1.165) is 25.9 Å². The predicted octanol–water partition coefficient (Wildman–Crippen LogP) is 2.56. The number of carbonyl (C=O) groups is 1. The lowest BCUT2D eigenvalue weighted by atomic mass is 10.1. The van der Waals surface area contributed by atoms with Crippen LogP contribution in [0.2, 0.25) is 5.22 Å². The van der Waals surface area contributed by atoms with Crippen molar-refractivity contribution in [2.45, 2.75) is 19.3 Å². The first-order chi connectivity index (χ1) is 6.77. The molecule has 1 aromatic rings. The number of hydrogen-bond acceptors (Lipinski definition) is 2. The van der Waals surface area contributed by atoms with Crippen molar-refractivity contribution < 1.29 is 9.21 Å². The normalized spacial score (nSPS) is 17.1. The smallest absolute Gasteiger partial charge is 0.289 e. The van der Waals surface area contributed by atoms with Gasteiger partial charge >= 0.3 is 0 Å². The topological polar surface area (TPSA) is 33.5 Å². The van der Waals surface area contributed by atoms with E-state index >= 15 is 0 Å². The van der Waals surface area contributed by atoms with Crippen LogP contribution in [-0.4, -0.2) is 23.9 Å². The lowest BCUT2D eigenvalue weighted by Gasteiger charge is -2.25. The molecular formula is C10H12ClNO2. The SMILES string of the molecule is O=C(c1ccc(Cl)o1)N1CCCCC1. The van der Waals surface area contributed by atoms with Gasteiger partial charge in [-0.2, -0.15) is 0 Å². The fourth-order valence-electron chi connectivity index (χ4n) is 1.68. The van der Waals surface area contributed by atoms with Crippen LogP contribution in [0.15, 0.2) is 16.5 Å². The van der Waals surface area contributed by atoms with E-state index in [2.05, 4.69) is 0 Å². The van der Waals surface area contributed by atoms with E-state index in [0.29, 0.717) is 5.76 Å². The van der Waals surface area contributed by atoms with Crippen molar-refractivity contribution in [3.63, 3.8) is 0 Å². The molecule has 0 radical (unpaired) electrons. The van der Waals surface area contributed by atoms with E-state index in [9.17, 15) is 4.79 Å². The Morgan fingerprint density at radius 1 is 1.29 bits per heavy atom. The summed E-state index contributed by atoms with van der Waals surface area (Å²) in [6.07, 6.45) is 3.38. The largest absolute Gasteiger partial charge is 0.440 e. The minimum atomic E-state index is -0.0448. The first kappa shape index (κ1) is 9.59. The number of halogens is 1. The maximum Gasteiger partial charge on any atom is 0.289 e. The number of amides is 1. The van der Waals surface area contributed by atoms with E-state index in [1.165, 1.54) is 6.42 Å². The summed E-state index contributed by atoms with van der Waals surface area (Å²) in [5.41, 5.74) is 0. The molecule has 1 fully saturated rings. The van der Waals surface area contributed by atoms with Crippen molar-refractivity contribution in [2.24, 2.45) is 0 Å². The van der Waals surface area contributed by atoms with E-state index in [1.54, 1.807) is 12.1 Å². The number of carbonyl (C=O) groups excluding carboxylic acids is 1. The Hall–Kier alpha value is -0.960. The van der Waals surface area contributed by atoms with Crippen LogP contribution in [-0.2, 0) is 0 Å². The molecule has 4 heteroatoms. The molecule has 0 unspecified atom stereocenters. The molecule has 0 aromatic carbocycles. The van der Waals surface area contributed by atoms with Gasteiger partial charge in [0.2, 0.25) is 0 Å². The summed E-state index contributed by atoms with van der Waals surface area (Å²) in [7, 11) is 0. The highest BCUT2D eigenvalue weighted by molar-refractivity contribution is 6.29. The zero-order valence-corrected chi connectivity index (χ0v) is 8.59. The standard InChI is InChI=1S/C10H12ClNO2/c11-9-5-4-8(14-9)10(13)12-6-2-1-3-7-12/h4-5H,1-3,6-7H2. The number of hydrogen-bond donors (Lipinski definition) is 0. The fraction of sp³-hybridized carbons (Fsp3) is 0.500. The molecule has 0 aliphatic carbocycles. The van der Waals surface area contributed by atoms with E-state index < -0.39 is 0 Å². The minimum absolute atomic E-state index is 0.0448. The quantitative estimate of drug-likeness (QED) is 0.719. The molecule has 0 saturated carbocycles. The van der Waals surface area contributed by atoms with Crippen molar-refractivity contribution in [3.8, 4) is 0 Å². The molecule has 0 bridgehead atoms. The van der Waals surface area contributed by atoms with Crippen LogP contribution < -0.4 is 0 Å². The molecule has 3 nitrogen and oxygen atoms in total. The number of rotatable bonds is 1. The summed E-state index contributed by atoms with van der Waals surface area (Å²) in [5.74, 6) is 0.300. The summed E-state index contributed by atoms with van der Waals surface area (Å²) in [5, 5.41) is 0.269. The van der Waals surface area contributed by atoms with Gasteiger partial charge < -0.3 is 9.32 Å². The maximum atomic E-state index is 11.8. The highest BCUT2D eigenvalue weighted by Crippen LogP contribution is 2.17. The van der Waals surface area contributed by atoms with Crippen LogP contribution in [0.1, 0.15) is 29.8 Å². The Kier molecular flexibility index (Phi) is 2.77. The second-order valence-corrected chi connectivity index (χ2v) is 3.83. The second-order valence-electron chi connectivity index (χ2n) is 3.46. The van der Waals surface area contributed by atoms with Crippen molar-refractivity contribution in [3.05, 3.63) is 23.1 Å². The van der Waals surface area contributed by atoms with Crippen molar-refractivity contribution >= 4 is 17.5 Å². The zero-order valence-electron chi connectivity index (χ0n) is 7.83. The Morgan fingerprint density at radius 2 is 2.00 bits per heavy atom. The predicted molar refractivity (Wildman–Crippen MR) is 53.5 cm³/mol. The van der Waals surface area contributed by atoms with E-state index in [4.69, 9.17) is 16.0 Å². The molecule has 76 valence electrons. The lowest BCUT2D eigenvalue weighted by molar-refractivity contribution is 0.0692. The Balaban J connectivity index is 2.07. The molecule has 1 aliphatic rings. The third kappa shape index (κ3) is 1.93. The molecule has 2 rings (SSSR count). The molecule has 2 heterocycles. The van der Waals surface area contributed by atoms with Gasteiger partial charge in [-0.05, 0) is 43.0 Å². The van der Waals surface area contributed by atoms with Crippen LogP contribution in [0.3, 0.4) is 0 Å². The Bertz CT molecular complexity index is 329.